The van der Waals surface area contributed by atoms with Crippen molar-refractivity contribution < 1.29 is 4.79 Å². The van der Waals surface area contributed by atoms with E-state index in [4.69, 9.17) is 5.26 Å². The van der Waals surface area contributed by atoms with E-state index in [1.54, 1.807) is 4.90 Å². The van der Waals surface area contributed by atoms with Gasteiger partial charge in [-0.1, -0.05) is 0 Å². The smallest absolute Gasteiger partial charge is 0.233 e. The van der Waals surface area contributed by atoms with E-state index in [1.807, 2.05) is 5.40 Å². The minimum Gasteiger partial charge on any atom is -0.342 e. The Morgan fingerprint density at radius 2 is 2.40 bits per heavy atom. The maximum absolute atomic E-state index is 10.9. The van der Waals surface area contributed by atoms with Crippen LogP contribution in [0.1, 0.15) is 6.42 Å². The van der Waals surface area contributed by atoms with Crippen LogP contribution < -0.4 is 0 Å². The maximum atomic E-state index is 10.9. The molecule has 0 aromatic carbocycles. The summed E-state index contributed by atoms with van der Waals surface area (Å²) in [6.07, 6.45) is 1.11. The normalized spacial score (nSPS) is 15.7. The molecule has 0 aliphatic carbocycles. The molecule has 1 saturated heterocycles. The first-order valence-corrected chi connectivity index (χ1v) is 4.12. The summed E-state index contributed by atoms with van der Waals surface area (Å²) >= 11 is 1.01. The van der Waals surface area contributed by atoms with Gasteiger partial charge in [-0.05, 0) is 18.2 Å². The van der Waals surface area contributed by atoms with Crippen LogP contribution >= 0.6 is 11.8 Å². The number of amides is 1. The Kier molecular flexibility index (Phi) is 2.57. The lowest BCUT2D eigenvalue weighted by atomic mass is 10.2. The van der Waals surface area contributed by atoms with Gasteiger partial charge < -0.3 is 4.90 Å². The Balaban J connectivity index is 2.15. The van der Waals surface area contributed by atoms with Crippen molar-refractivity contribution in [3.8, 4) is 5.40 Å². The van der Waals surface area contributed by atoms with Crippen LogP contribution in [0.25, 0.3) is 0 Å². The van der Waals surface area contributed by atoms with Gasteiger partial charge in [0.2, 0.25) is 5.91 Å². The number of thioether (sulfide) groups is 1. The quantitative estimate of drug-likeness (QED) is 0.545. The fourth-order valence-electron chi connectivity index (χ4n) is 0.751. The molecular weight excluding hydrogens is 148 g/mol. The summed E-state index contributed by atoms with van der Waals surface area (Å²) in [6.45, 7) is 1.76. The van der Waals surface area contributed by atoms with E-state index in [0.29, 0.717) is 5.75 Å². The summed E-state index contributed by atoms with van der Waals surface area (Å²) in [5.74, 6) is 0.411. The van der Waals surface area contributed by atoms with Gasteiger partial charge in [0.25, 0.3) is 0 Å². The molecule has 1 rings (SSSR count). The van der Waals surface area contributed by atoms with Crippen molar-refractivity contribution in [3.63, 3.8) is 0 Å². The Morgan fingerprint density at radius 3 is 2.80 bits per heavy atom. The molecular formula is C6H8N2OS. The summed E-state index contributed by atoms with van der Waals surface area (Å²) in [5.41, 5.74) is 0. The van der Waals surface area contributed by atoms with Gasteiger partial charge in [0.15, 0.2) is 0 Å². The SMILES string of the molecule is N#CSCC(=O)N1CCC1. The predicted octanol–water partition coefficient (Wildman–Crippen LogP) is 0.433. The fourth-order valence-corrected chi connectivity index (χ4v) is 1.12. The minimum atomic E-state index is 0.0952. The van der Waals surface area contributed by atoms with E-state index in [-0.39, 0.29) is 5.91 Å². The molecule has 1 aliphatic heterocycles. The molecule has 0 spiro atoms. The third-order valence-electron chi connectivity index (χ3n) is 1.47. The van der Waals surface area contributed by atoms with Crippen molar-refractivity contribution in [1.29, 1.82) is 5.26 Å². The van der Waals surface area contributed by atoms with E-state index >= 15 is 0 Å². The van der Waals surface area contributed by atoms with Crippen molar-refractivity contribution >= 4 is 17.7 Å². The summed E-state index contributed by atoms with van der Waals surface area (Å²) < 4.78 is 0. The van der Waals surface area contributed by atoms with Gasteiger partial charge in [-0.25, -0.2) is 0 Å². The molecule has 10 heavy (non-hydrogen) atoms. The molecule has 0 atom stereocenters. The highest BCUT2D eigenvalue weighted by Crippen LogP contribution is 2.08. The number of carbonyl (C=O) groups excluding carboxylic acids is 1. The molecule has 4 heteroatoms. The molecule has 1 amide bonds. The van der Waals surface area contributed by atoms with Crippen LogP contribution in [0.3, 0.4) is 0 Å². The lowest BCUT2D eigenvalue weighted by molar-refractivity contribution is -0.131. The van der Waals surface area contributed by atoms with E-state index in [1.165, 1.54) is 0 Å². The average Bonchev–Trinajstić information content (AvgIpc) is 1.79. The van der Waals surface area contributed by atoms with Gasteiger partial charge in [0.05, 0.1) is 5.75 Å². The number of likely N-dealkylation sites (tertiary alicyclic amines) is 1. The average molecular weight is 156 g/mol. The third-order valence-corrected chi connectivity index (χ3v) is 1.99. The number of nitrogens with zero attached hydrogens (tertiary/aromatic N) is 2. The maximum Gasteiger partial charge on any atom is 0.233 e. The second-order valence-electron chi connectivity index (χ2n) is 2.11. The Bertz CT molecular complexity index is 171. The van der Waals surface area contributed by atoms with Crippen LogP contribution in [0.4, 0.5) is 0 Å². The molecule has 1 heterocycles. The lowest BCUT2D eigenvalue weighted by Gasteiger charge is -2.30. The summed E-state index contributed by atoms with van der Waals surface area (Å²) in [7, 11) is 0. The van der Waals surface area contributed by atoms with Crippen LogP contribution in [0.5, 0.6) is 0 Å². The second-order valence-corrected chi connectivity index (χ2v) is 2.87. The van der Waals surface area contributed by atoms with Crippen LogP contribution in [-0.2, 0) is 4.79 Å². The Hall–Kier alpha value is -0.690. The molecule has 0 unspecified atom stereocenters. The largest absolute Gasteiger partial charge is 0.342 e. The molecule has 0 saturated carbocycles. The van der Waals surface area contributed by atoms with Crippen LogP contribution in [0.15, 0.2) is 0 Å². The van der Waals surface area contributed by atoms with Gasteiger partial charge in [0, 0.05) is 13.1 Å². The van der Waals surface area contributed by atoms with Crippen molar-refractivity contribution in [2.24, 2.45) is 0 Å². The van der Waals surface area contributed by atoms with Gasteiger partial charge in [-0.15, -0.1) is 0 Å². The summed E-state index contributed by atoms with van der Waals surface area (Å²) in [4.78, 5) is 12.7. The van der Waals surface area contributed by atoms with Crippen LogP contribution in [-0.4, -0.2) is 29.6 Å². The molecule has 0 radical (unpaired) electrons. The fraction of sp³-hybridized carbons (Fsp3) is 0.667. The third kappa shape index (κ3) is 1.64. The van der Waals surface area contributed by atoms with E-state index in [9.17, 15) is 4.79 Å². The zero-order chi connectivity index (χ0) is 7.40. The second kappa shape index (κ2) is 3.47. The van der Waals surface area contributed by atoms with Crippen molar-refractivity contribution in [2.75, 3.05) is 18.8 Å². The van der Waals surface area contributed by atoms with Gasteiger partial charge in [-0.3, -0.25) is 4.79 Å². The molecule has 0 aromatic rings. The number of rotatable bonds is 2. The first kappa shape index (κ1) is 7.42. The standard InChI is InChI=1S/C6H8N2OS/c7-5-10-4-6(9)8-2-1-3-8/h1-4H2. The number of thiocyanates is 1. The zero-order valence-corrected chi connectivity index (χ0v) is 6.36. The molecule has 54 valence electrons. The van der Waals surface area contributed by atoms with Gasteiger partial charge in [-0.2, -0.15) is 5.26 Å². The Labute approximate surface area is 64.0 Å². The van der Waals surface area contributed by atoms with E-state index in [2.05, 4.69) is 0 Å². The number of nitriles is 1. The molecule has 0 aromatic heterocycles. The highest BCUT2D eigenvalue weighted by Gasteiger charge is 2.19. The highest BCUT2D eigenvalue weighted by atomic mass is 32.2. The zero-order valence-electron chi connectivity index (χ0n) is 5.54. The van der Waals surface area contributed by atoms with Crippen LogP contribution in [0, 0.1) is 10.7 Å². The van der Waals surface area contributed by atoms with Crippen molar-refractivity contribution in [3.05, 3.63) is 0 Å². The number of carbonyl (C=O) groups is 1. The van der Waals surface area contributed by atoms with Crippen molar-refractivity contribution in [1.82, 2.24) is 4.90 Å². The minimum absolute atomic E-state index is 0.0952. The molecule has 0 bridgehead atoms. The van der Waals surface area contributed by atoms with E-state index in [0.717, 1.165) is 31.3 Å². The molecule has 3 nitrogen and oxygen atoms in total. The molecule has 0 N–H and O–H groups in total. The first-order valence-electron chi connectivity index (χ1n) is 3.13. The number of hydrogen-bond acceptors (Lipinski definition) is 3. The molecule has 1 aliphatic rings. The summed E-state index contributed by atoms with van der Waals surface area (Å²) in [6, 6.07) is 0. The number of hydrogen-bond donors (Lipinski definition) is 0. The predicted molar refractivity (Wildman–Crippen MR) is 39.3 cm³/mol. The topological polar surface area (TPSA) is 44.1 Å². The highest BCUT2D eigenvalue weighted by molar-refractivity contribution is 8.04. The molecule has 1 fully saturated rings. The monoisotopic (exact) mass is 156 g/mol. The Morgan fingerprint density at radius 1 is 1.70 bits per heavy atom. The summed E-state index contributed by atoms with van der Waals surface area (Å²) in [5, 5.41) is 10.0. The first-order chi connectivity index (χ1) is 4.84. The lowest BCUT2D eigenvalue weighted by Crippen LogP contribution is -2.42. The van der Waals surface area contributed by atoms with Crippen LogP contribution in [0.2, 0.25) is 0 Å². The van der Waals surface area contributed by atoms with Crippen molar-refractivity contribution in [2.45, 2.75) is 6.42 Å². The van der Waals surface area contributed by atoms with Gasteiger partial charge >= 0.3 is 0 Å². The van der Waals surface area contributed by atoms with E-state index < -0.39 is 0 Å². The van der Waals surface area contributed by atoms with Gasteiger partial charge in [0.1, 0.15) is 5.40 Å².